The highest BCUT2D eigenvalue weighted by molar-refractivity contribution is 5.77. The van der Waals surface area contributed by atoms with Gasteiger partial charge in [-0.3, -0.25) is 4.79 Å². The Bertz CT molecular complexity index is 452. The number of likely N-dealkylation sites (tertiary alicyclic amines) is 1. The number of halogens is 1. The molecule has 1 heterocycles. The molecule has 0 spiro atoms. The number of aliphatic hydroxyl groups excluding tert-OH is 1. The molecule has 5 heteroatoms. The molecule has 1 fully saturated rings. The molecule has 2 rings (SSSR count). The number of carbonyl (C=O) groups excluding carboxylic acids is 1. The molecule has 4 nitrogen and oxygen atoms in total. The zero-order valence-electron chi connectivity index (χ0n) is 10.9. The fraction of sp³-hybridized carbons (Fsp3) is 0.500. The third-order valence-corrected chi connectivity index (χ3v) is 3.40. The van der Waals surface area contributed by atoms with Gasteiger partial charge in [-0.05, 0) is 24.5 Å². The number of ether oxygens (including phenoxy) is 1. The molecule has 1 aliphatic rings. The molecule has 1 saturated heterocycles. The predicted octanol–water partition coefficient (Wildman–Crippen LogP) is 1.43. The van der Waals surface area contributed by atoms with E-state index in [9.17, 15) is 14.3 Å². The summed E-state index contributed by atoms with van der Waals surface area (Å²) in [7, 11) is 0. The summed E-state index contributed by atoms with van der Waals surface area (Å²) in [5.41, 5.74) is 0. The van der Waals surface area contributed by atoms with Crippen molar-refractivity contribution in [1.82, 2.24) is 4.90 Å². The number of benzene rings is 1. The van der Waals surface area contributed by atoms with Crippen molar-refractivity contribution in [3.05, 3.63) is 30.1 Å². The number of rotatable bonds is 3. The van der Waals surface area contributed by atoms with E-state index in [0.717, 1.165) is 0 Å². The first kappa shape index (κ1) is 13.8. The van der Waals surface area contributed by atoms with Gasteiger partial charge in [0.1, 0.15) is 0 Å². The molecular weight excluding hydrogens is 249 g/mol. The van der Waals surface area contributed by atoms with Crippen molar-refractivity contribution in [2.75, 3.05) is 19.7 Å². The van der Waals surface area contributed by atoms with Crippen LogP contribution in [0.3, 0.4) is 0 Å². The molecular formula is C14H18FNO3. The van der Waals surface area contributed by atoms with Gasteiger partial charge in [-0.25, -0.2) is 4.39 Å². The molecule has 0 bridgehead atoms. The van der Waals surface area contributed by atoms with Crippen LogP contribution >= 0.6 is 0 Å². The maximum absolute atomic E-state index is 13.3. The van der Waals surface area contributed by atoms with Gasteiger partial charge in [0, 0.05) is 13.1 Å². The summed E-state index contributed by atoms with van der Waals surface area (Å²) in [5.74, 6) is -0.508. The van der Waals surface area contributed by atoms with Crippen LogP contribution in [0.25, 0.3) is 0 Å². The van der Waals surface area contributed by atoms with E-state index in [0.29, 0.717) is 19.5 Å². The van der Waals surface area contributed by atoms with Crippen LogP contribution in [0.15, 0.2) is 24.3 Å². The molecule has 0 aromatic heterocycles. The van der Waals surface area contributed by atoms with Gasteiger partial charge >= 0.3 is 0 Å². The van der Waals surface area contributed by atoms with Crippen molar-refractivity contribution in [3.8, 4) is 5.75 Å². The predicted molar refractivity (Wildman–Crippen MR) is 68.3 cm³/mol. The number of amides is 1. The second-order valence-corrected chi connectivity index (χ2v) is 4.89. The minimum atomic E-state index is -0.474. The van der Waals surface area contributed by atoms with Crippen LogP contribution in [0.4, 0.5) is 4.39 Å². The lowest BCUT2D eigenvalue weighted by Crippen LogP contribution is -2.46. The third kappa shape index (κ3) is 3.44. The van der Waals surface area contributed by atoms with Crippen molar-refractivity contribution in [1.29, 1.82) is 0 Å². The van der Waals surface area contributed by atoms with Crippen molar-refractivity contribution < 1.29 is 19.0 Å². The fourth-order valence-electron chi connectivity index (χ4n) is 2.15. The highest BCUT2D eigenvalue weighted by Gasteiger charge is 2.27. The number of hydrogen-bond acceptors (Lipinski definition) is 3. The molecule has 1 amide bonds. The zero-order valence-corrected chi connectivity index (χ0v) is 10.9. The quantitative estimate of drug-likeness (QED) is 0.901. The Morgan fingerprint density at radius 3 is 2.95 bits per heavy atom. The molecule has 0 saturated carbocycles. The molecule has 1 N–H and O–H groups in total. The van der Waals surface area contributed by atoms with Crippen molar-refractivity contribution in [2.45, 2.75) is 19.4 Å². The average molecular weight is 267 g/mol. The molecule has 0 aliphatic carbocycles. The van der Waals surface area contributed by atoms with Crippen molar-refractivity contribution >= 4 is 5.91 Å². The van der Waals surface area contributed by atoms with E-state index < -0.39 is 5.82 Å². The van der Waals surface area contributed by atoms with Gasteiger partial charge in [0.2, 0.25) is 0 Å². The molecule has 1 aromatic carbocycles. The second kappa shape index (κ2) is 6.02. The lowest BCUT2D eigenvalue weighted by molar-refractivity contribution is -0.136. The van der Waals surface area contributed by atoms with Crippen molar-refractivity contribution in [2.24, 2.45) is 5.92 Å². The average Bonchev–Trinajstić information content (AvgIpc) is 2.40. The van der Waals surface area contributed by atoms with Crippen molar-refractivity contribution in [3.63, 3.8) is 0 Å². The molecule has 19 heavy (non-hydrogen) atoms. The molecule has 104 valence electrons. The summed E-state index contributed by atoms with van der Waals surface area (Å²) in [6.07, 6.45) is 0.226. The Morgan fingerprint density at radius 1 is 1.53 bits per heavy atom. The van der Waals surface area contributed by atoms with E-state index >= 15 is 0 Å². The number of para-hydroxylation sites is 1. The largest absolute Gasteiger partial charge is 0.481 e. The SMILES string of the molecule is CC1CN(C(=O)COc2ccccc2F)CCC1O. The van der Waals surface area contributed by atoms with E-state index in [1.54, 1.807) is 17.0 Å². The van der Waals surface area contributed by atoms with Crippen LogP contribution in [0.1, 0.15) is 13.3 Å². The summed E-state index contributed by atoms with van der Waals surface area (Å²) in [6.45, 7) is 2.76. The zero-order chi connectivity index (χ0) is 13.8. The molecule has 2 unspecified atom stereocenters. The molecule has 0 radical (unpaired) electrons. The van der Waals surface area contributed by atoms with Gasteiger partial charge in [-0.15, -0.1) is 0 Å². The molecule has 2 atom stereocenters. The Kier molecular flexibility index (Phi) is 4.37. The maximum atomic E-state index is 13.3. The number of hydrogen-bond donors (Lipinski definition) is 1. The summed E-state index contributed by atoms with van der Waals surface area (Å²) in [6, 6.07) is 6.00. The Morgan fingerprint density at radius 2 is 2.26 bits per heavy atom. The van der Waals surface area contributed by atoms with E-state index in [1.165, 1.54) is 12.1 Å². The summed E-state index contributed by atoms with van der Waals surface area (Å²) >= 11 is 0. The minimum Gasteiger partial charge on any atom is -0.481 e. The summed E-state index contributed by atoms with van der Waals surface area (Å²) in [5, 5.41) is 9.60. The Balaban J connectivity index is 1.87. The Labute approximate surface area is 111 Å². The van der Waals surface area contributed by atoms with E-state index in [4.69, 9.17) is 4.74 Å². The maximum Gasteiger partial charge on any atom is 0.260 e. The minimum absolute atomic E-state index is 0.0613. The van der Waals surface area contributed by atoms with E-state index in [2.05, 4.69) is 0 Å². The van der Waals surface area contributed by atoms with Crippen LogP contribution in [-0.2, 0) is 4.79 Å². The van der Waals surface area contributed by atoms with Gasteiger partial charge in [0.15, 0.2) is 18.2 Å². The van der Waals surface area contributed by atoms with Crippen LogP contribution in [0, 0.1) is 11.7 Å². The molecule has 1 aromatic rings. The van der Waals surface area contributed by atoms with Crippen LogP contribution < -0.4 is 4.74 Å². The smallest absolute Gasteiger partial charge is 0.260 e. The molecule has 1 aliphatic heterocycles. The van der Waals surface area contributed by atoms with Gasteiger partial charge in [0.05, 0.1) is 6.10 Å². The van der Waals surface area contributed by atoms with Crippen LogP contribution in [-0.4, -0.2) is 41.7 Å². The normalized spacial score (nSPS) is 23.2. The highest BCUT2D eigenvalue weighted by atomic mass is 19.1. The standard InChI is InChI=1S/C14H18FNO3/c1-10-8-16(7-6-12(10)17)14(18)9-19-13-5-3-2-4-11(13)15/h2-5,10,12,17H,6-9H2,1H3. The van der Waals surface area contributed by atoms with Crippen LogP contribution in [0.5, 0.6) is 5.75 Å². The summed E-state index contributed by atoms with van der Waals surface area (Å²) < 4.78 is 18.5. The number of aliphatic hydroxyl groups is 1. The van der Waals surface area contributed by atoms with Gasteiger partial charge < -0.3 is 14.7 Å². The Hall–Kier alpha value is -1.62. The van der Waals surface area contributed by atoms with E-state index in [1.807, 2.05) is 6.92 Å². The monoisotopic (exact) mass is 267 g/mol. The van der Waals surface area contributed by atoms with Gasteiger partial charge in [-0.2, -0.15) is 0 Å². The first-order chi connectivity index (χ1) is 9.08. The van der Waals surface area contributed by atoms with Crippen LogP contribution in [0.2, 0.25) is 0 Å². The fourth-order valence-corrected chi connectivity index (χ4v) is 2.15. The van der Waals surface area contributed by atoms with E-state index in [-0.39, 0.29) is 30.3 Å². The number of nitrogens with zero attached hydrogens (tertiary/aromatic N) is 1. The number of piperidine rings is 1. The first-order valence-corrected chi connectivity index (χ1v) is 6.41. The lowest BCUT2D eigenvalue weighted by Gasteiger charge is -2.34. The number of carbonyl (C=O) groups is 1. The lowest BCUT2D eigenvalue weighted by atomic mass is 9.97. The van der Waals surface area contributed by atoms with Gasteiger partial charge in [-0.1, -0.05) is 19.1 Å². The first-order valence-electron chi connectivity index (χ1n) is 6.41. The topological polar surface area (TPSA) is 49.8 Å². The highest BCUT2D eigenvalue weighted by Crippen LogP contribution is 2.18. The van der Waals surface area contributed by atoms with Gasteiger partial charge in [0.25, 0.3) is 5.91 Å². The second-order valence-electron chi connectivity index (χ2n) is 4.89. The third-order valence-electron chi connectivity index (χ3n) is 3.40. The summed E-state index contributed by atoms with van der Waals surface area (Å²) in [4.78, 5) is 13.6.